The SMILES string of the molecule is [N-]=[N+]=C(S(=O)(=O)C1CCC(Cl)CC1)S(=O)(=O)C1CCC([N+](=O)[O-])CC1. The molecule has 2 rings (SSSR count). The molecule has 0 saturated heterocycles. The monoisotopic (exact) mass is 413 g/mol. The van der Waals surface area contributed by atoms with E-state index in [1.54, 1.807) is 0 Å². The summed E-state index contributed by atoms with van der Waals surface area (Å²) in [5.41, 5.74) is 9.15. The largest absolute Gasteiger partial charge is 0.495 e. The lowest BCUT2D eigenvalue weighted by atomic mass is 9.96. The highest BCUT2D eigenvalue weighted by Crippen LogP contribution is 2.32. The van der Waals surface area contributed by atoms with Crippen LogP contribution in [0.5, 0.6) is 0 Å². The third-order valence-corrected chi connectivity index (χ3v) is 10.7. The van der Waals surface area contributed by atoms with Crippen LogP contribution in [0, 0.1) is 10.1 Å². The van der Waals surface area contributed by atoms with Gasteiger partial charge in [-0.1, -0.05) is 0 Å². The Morgan fingerprint density at radius 3 is 1.68 bits per heavy atom. The quantitative estimate of drug-likeness (QED) is 0.130. The van der Waals surface area contributed by atoms with Crippen LogP contribution in [0.4, 0.5) is 0 Å². The number of rotatable bonds is 3. The van der Waals surface area contributed by atoms with E-state index in [0.29, 0.717) is 12.8 Å². The third kappa shape index (κ3) is 4.21. The first kappa shape index (κ1) is 20.3. The zero-order valence-corrected chi connectivity index (χ0v) is 15.8. The van der Waals surface area contributed by atoms with Crippen molar-refractivity contribution < 1.29 is 26.5 Å². The Hall–Kier alpha value is -1.03. The van der Waals surface area contributed by atoms with E-state index >= 15 is 0 Å². The number of hydrogen-bond acceptors (Lipinski definition) is 6. The van der Waals surface area contributed by atoms with E-state index in [4.69, 9.17) is 17.1 Å². The van der Waals surface area contributed by atoms with Gasteiger partial charge in [-0.25, -0.2) is 16.8 Å². The number of alkyl halides is 1. The molecule has 0 heterocycles. The van der Waals surface area contributed by atoms with Crippen LogP contribution in [-0.4, -0.2) is 52.8 Å². The van der Waals surface area contributed by atoms with Crippen molar-refractivity contribution in [3.63, 3.8) is 0 Å². The number of hydrogen-bond donors (Lipinski definition) is 0. The first-order chi connectivity index (χ1) is 11.6. The molecule has 0 aliphatic heterocycles. The molecule has 0 radical (unpaired) electrons. The van der Waals surface area contributed by atoms with Crippen molar-refractivity contribution in [1.29, 1.82) is 0 Å². The maximum Gasteiger partial charge on any atom is 0.495 e. The molecule has 0 aromatic rings. The summed E-state index contributed by atoms with van der Waals surface area (Å²) in [5, 5.41) is 8.60. The van der Waals surface area contributed by atoms with Gasteiger partial charge in [0.25, 0.3) is 19.7 Å². The molecule has 2 aliphatic rings. The van der Waals surface area contributed by atoms with Crippen molar-refractivity contribution in [2.45, 2.75) is 73.3 Å². The smallest absolute Gasteiger partial charge is 0.359 e. The van der Waals surface area contributed by atoms with E-state index in [1.807, 2.05) is 0 Å². The first-order valence-corrected chi connectivity index (χ1v) is 11.6. The van der Waals surface area contributed by atoms with Gasteiger partial charge in [0.05, 0.1) is 10.5 Å². The highest BCUT2D eigenvalue weighted by Gasteiger charge is 2.51. The van der Waals surface area contributed by atoms with E-state index in [1.165, 1.54) is 0 Å². The Kier molecular flexibility index (Phi) is 6.24. The summed E-state index contributed by atoms with van der Waals surface area (Å²) in [5.74, 6) is 0. The number of halogens is 1. The summed E-state index contributed by atoms with van der Waals surface area (Å²) in [7, 11) is -8.70. The summed E-state index contributed by atoms with van der Waals surface area (Å²) >= 11 is 5.95. The van der Waals surface area contributed by atoms with Gasteiger partial charge in [-0.3, -0.25) is 10.1 Å². The standard InChI is InChI=1S/C13H20ClN3O6S2/c14-9-1-5-11(6-2-9)24(20,21)13(16-15)25(22,23)12-7-3-10(4-8-12)17(18)19/h9-12H,1-8H2. The molecule has 0 spiro atoms. The Morgan fingerprint density at radius 1 is 0.920 bits per heavy atom. The summed E-state index contributed by atoms with van der Waals surface area (Å²) in [4.78, 5) is 13.0. The molecule has 25 heavy (non-hydrogen) atoms. The molecular weight excluding hydrogens is 394 g/mol. The fourth-order valence-corrected chi connectivity index (χ4v) is 8.41. The second kappa shape index (κ2) is 7.69. The maximum atomic E-state index is 12.7. The molecule has 0 aromatic carbocycles. The van der Waals surface area contributed by atoms with Crippen LogP contribution in [0.1, 0.15) is 51.4 Å². The Morgan fingerprint density at radius 2 is 1.32 bits per heavy atom. The zero-order valence-electron chi connectivity index (χ0n) is 13.5. The van der Waals surface area contributed by atoms with E-state index in [2.05, 4.69) is 4.79 Å². The van der Waals surface area contributed by atoms with Crippen LogP contribution in [0.3, 0.4) is 0 Å². The molecule has 2 aliphatic carbocycles. The van der Waals surface area contributed by atoms with Gasteiger partial charge < -0.3 is 5.53 Å². The molecule has 9 nitrogen and oxygen atoms in total. The topological polar surface area (TPSA) is 148 Å². The Bertz CT molecular complexity index is 775. The highest BCUT2D eigenvalue weighted by atomic mass is 35.5. The van der Waals surface area contributed by atoms with Gasteiger partial charge in [-0.2, -0.15) is 0 Å². The van der Waals surface area contributed by atoms with Crippen LogP contribution in [0.2, 0.25) is 0 Å². The molecule has 2 saturated carbocycles. The lowest BCUT2D eigenvalue weighted by Crippen LogP contribution is -2.42. The lowest BCUT2D eigenvalue weighted by molar-refractivity contribution is -0.526. The lowest BCUT2D eigenvalue weighted by Gasteiger charge is -2.25. The van der Waals surface area contributed by atoms with Gasteiger partial charge in [0.15, 0.2) is 0 Å². The Balaban J connectivity index is 2.22. The molecule has 0 bridgehead atoms. The van der Waals surface area contributed by atoms with Gasteiger partial charge in [0.1, 0.15) is 0 Å². The van der Waals surface area contributed by atoms with Crippen molar-refractivity contribution >= 4 is 35.7 Å². The first-order valence-electron chi connectivity index (χ1n) is 8.08. The van der Waals surface area contributed by atoms with Crippen LogP contribution in [-0.2, 0) is 19.7 Å². The van der Waals surface area contributed by atoms with Gasteiger partial charge in [-0.05, 0) is 38.5 Å². The van der Waals surface area contributed by atoms with Crippen molar-refractivity contribution in [2.75, 3.05) is 0 Å². The molecule has 2 fully saturated rings. The van der Waals surface area contributed by atoms with E-state index in [-0.39, 0.29) is 43.9 Å². The van der Waals surface area contributed by atoms with Crippen LogP contribution >= 0.6 is 11.6 Å². The van der Waals surface area contributed by atoms with E-state index in [9.17, 15) is 26.9 Å². The molecule has 0 amide bonds. The minimum absolute atomic E-state index is 0.0308. The predicted octanol–water partition coefficient (Wildman–Crippen LogP) is 1.54. The minimum Gasteiger partial charge on any atom is -0.359 e. The molecular formula is C13H20ClN3O6S2. The van der Waals surface area contributed by atoms with Gasteiger partial charge in [0.2, 0.25) is 6.04 Å². The fraction of sp³-hybridized carbons (Fsp3) is 0.923. The number of sulfone groups is 2. The molecule has 142 valence electrons. The average Bonchev–Trinajstić information content (AvgIpc) is 2.55. The average molecular weight is 414 g/mol. The molecule has 0 aromatic heterocycles. The zero-order chi connectivity index (χ0) is 18.8. The second-order valence-corrected chi connectivity index (χ2v) is 11.7. The van der Waals surface area contributed by atoms with Crippen molar-refractivity contribution in [2.24, 2.45) is 0 Å². The predicted molar refractivity (Wildman–Crippen MR) is 91.4 cm³/mol. The summed E-state index contributed by atoms with van der Waals surface area (Å²) < 4.78 is 49.5. The fourth-order valence-electron chi connectivity index (χ4n) is 3.46. The Labute approximate surface area is 151 Å². The highest BCUT2D eigenvalue weighted by molar-refractivity contribution is 8.31. The van der Waals surface area contributed by atoms with Gasteiger partial charge >= 0.3 is 4.38 Å². The van der Waals surface area contributed by atoms with Gasteiger partial charge in [0, 0.05) is 23.1 Å². The van der Waals surface area contributed by atoms with Crippen molar-refractivity contribution in [3.8, 4) is 0 Å². The van der Waals surface area contributed by atoms with Crippen LogP contribution < -0.4 is 0 Å². The summed E-state index contributed by atoms with van der Waals surface area (Å²) in [6, 6.07) is -0.823. The normalized spacial score (nSPS) is 31.1. The number of nitrogens with zero attached hydrogens (tertiary/aromatic N) is 3. The maximum absolute atomic E-state index is 12.7. The van der Waals surface area contributed by atoms with Crippen LogP contribution in [0.25, 0.3) is 5.53 Å². The third-order valence-electron chi connectivity index (χ3n) is 4.99. The van der Waals surface area contributed by atoms with E-state index in [0.717, 1.165) is 0 Å². The molecule has 0 N–H and O–H groups in total. The summed E-state index contributed by atoms with van der Waals surface area (Å²) in [6.07, 6.45) is 1.34. The van der Waals surface area contributed by atoms with Gasteiger partial charge in [-0.15, -0.1) is 16.4 Å². The molecule has 0 atom stereocenters. The molecule has 0 unspecified atom stereocenters. The van der Waals surface area contributed by atoms with Crippen molar-refractivity contribution in [1.82, 2.24) is 0 Å². The van der Waals surface area contributed by atoms with Crippen molar-refractivity contribution in [3.05, 3.63) is 15.6 Å². The second-order valence-electron chi connectivity index (χ2n) is 6.55. The number of nitro groups is 1. The minimum atomic E-state index is -4.39. The summed E-state index contributed by atoms with van der Waals surface area (Å²) in [6.45, 7) is 0. The van der Waals surface area contributed by atoms with E-state index < -0.39 is 45.5 Å². The van der Waals surface area contributed by atoms with Crippen LogP contribution in [0.15, 0.2) is 0 Å². The molecule has 12 heteroatoms.